The Hall–Kier alpha value is -2.81. The molecule has 0 saturated carbocycles. The number of fused-ring (bicyclic) bond motifs is 5. The molecule has 8 heteroatoms. The second kappa shape index (κ2) is 8.69. The SMILES string of the molecule is COC(=O)[C@@H]1Cc2c([nH]c3ccccc23)[C@@H]2C[C@@H](N3CC[C@@H](O)C3)C[C@@H](c3ccc(F)c(F)c3)N12. The maximum atomic E-state index is 14.4. The molecule has 0 unspecified atom stereocenters. The van der Waals surface area contributed by atoms with E-state index in [0.29, 0.717) is 24.9 Å². The standard InChI is InChI=1S/C27H29F2N3O3/c1-35-27(34)25-13-19-18-4-2-3-5-22(18)30-26(19)24-12-16(31-9-8-17(33)14-31)11-23(32(24)25)15-6-7-20(28)21(29)10-15/h2-7,10,16-17,23-25,30,33H,8-9,11-14H2,1H3/t16-,17+,23-,24-,25-/m0/s1. The summed E-state index contributed by atoms with van der Waals surface area (Å²) in [4.78, 5) is 21.2. The molecule has 2 fully saturated rings. The Kier molecular flexibility index (Phi) is 5.62. The van der Waals surface area contributed by atoms with Crippen LogP contribution in [0.15, 0.2) is 42.5 Å². The summed E-state index contributed by atoms with van der Waals surface area (Å²) in [7, 11) is 1.40. The average molecular weight is 482 g/mol. The molecule has 3 aliphatic heterocycles. The smallest absolute Gasteiger partial charge is 0.323 e. The average Bonchev–Trinajstić information content (AvgIpc) is 3.47. The minimum absolute atomic E-state index is 0.127. The van der Waals surface area contributed by atoms with Crippen LogP contribution in [0, 0.1) is 11.6 Å². The third kappa shape index (κ3) is 3.75. The lowest BCUT2D eigenvalue weighted by Crippen LogP contribution is -2.56. The molecule has 3 aromatic rings. The summed E-state index contributed by atoms with van der Waals surface area (Å²) >= 11 is 0. The van der Waals surface area contributed by atoms with E-state index >= 15 is 0 Å². The van der Waals surface area contributed by atoms with Crippen LogP contribution < -0.4 is 0 Å². The van der Waals surface area contributed by atoms with Crippen LogP contribution in [0.4, 0.5) is 8.78 Å². The van der Waals surface area contributed by atoms with Crippen molar-refractivity contribution in [2.24, 2.45) is 0 Å². The molecule has 2 N–H and O–H groups in total. The number of H-pyrrole nitrogens is 1. The zero-order valence-electron chi connectivity index (χ0n) is 19.6. The molecule has 0 spiro atoms. The Labute approximate surface area is 202 Å². The highest BCUT2D eigenvalue weighted by molar-refractivity contribution is 5.87. The zero-order valence-corrected chi connectivity index (χ0v) is 19.6. The third-order valence-corrected chi connectivity index (χ3v) is 8.16. The number of nitrogens with zero attached hydrogens (tertiary/aromatic N) is 2. The van der Waals surface area contributed by atoms with Crippen LogP contribution >= 0.6 is 0 Å². The van der Waals surface area contributed by atoms with Gasteiger partial charge in [0.1, 0.15) is 6.04 Å². The van der Waals surface area contributed by atoms with Gasteiger partial charge in [0.2, 0.25) is 0 Å². The van der Waals surface area contributed by atoms with Crippen LogP contribution in [-0.4, -0.2) is 64.2 Å². The fourth-order valence-corrected chi connectivity index (χ4v) is 6.56. The number of β-amino-alcohol motifs (C(OH)–C–C–N with tert-alkyl or cyclic N) is 1. The van der Waals surface area contributed by atoms with E-state index in [4.69, 9.17) is 4.74 Å². The van der Waals surface area contributed by atoms with Crippen LogP contribution in [0.3, 0.4) is 0 Å². The first-order chi connectivity index (χ1) is 16.9. The molecule has 0 aliphatic carbocycles. The van der Waals surface area contributed by atoms with Crippen molar-refractivity contribution in [3.05, 3.63) is 70.9 Å². The predicted octanol–water partition coefficient (Wildman–Crippen LogP) is 3.86. The number of para-hydroxylation sites is 1. The molecule has 1 aromatic heterocycles. The molecule has 6 rings (SSSR count). The molecule has 6 nitrogen and oxygen atoms in total. The number of carbonyl (C=O) groups is 1. The summed E-state index contributed by atoms with van der Waals surface area (Å²) in [6, 6.07) is 11.3. The van der Waals surface area contributed by atoms with Gasteiger partial charge >= 0.3 is 5.97 Å². The molecule has 5 atom stereocenters. The van der Waals surface area contributed by atoms with Crippen LogP contribution in [0.25, 0.3) is 10.9 Å². The third-order valence-electron chi connectivity index (χ3n) is 8.16. The second-order valence-corrected chi connectivity index (χ2v) is 10.0. The number of carbonyl (C=O) groups excluding carboxylic acids is 1. The van der Waals surface area contributed by atoms with E-state index in [1.54, 1.807) is 6.07 Å². The Balaban J connectivity index is 1.50. The molecule has 0 radical (unpaired) electrons. The molecular weight excluding hydrogens is 452 g/mol. The van der Waals surface area contributed by atoms with Crippen molar-refractivity contribution in [1.29, 1.82) is 0 Å². The first kappa shape index (κ1) is 22.6. The zero-order chi connectivity index (χ0) is 24.3. The summed E-state index contributed by atoms with van der Waals surface area (Å²) in [6.45, 7) is 1.39. The monoisotopic (exact) mass is 481 g/mol. The number of aromatic amines is 1. The minimum Gasteiger partial charge on any atom is -0.468 e. The second-order valence-electron chi connectivity index (χ2n) is 10.0. The lowest BCUT2D eigenvalue weighted by Gasteiger charge is -2.52. The highest BCUT2D eigenvalue weighted by atomic mass is 19.2. The summed E-state index contributed by atoms with van der Waals surface area (Å²) in [5.74, 6) is -2.11. The first-order valence-corrected chi connectivity index (χ1v) is 12.3. The number of aliphatic hydroxyl groups excluding tert-OH is 1. The van der Waals surface area contributed by atoms with Crippen LogP contribution in [0.1, 0.15) is 48.2 Å². The van der Waals surface area contributed by atoms with Crippen LogP contribution in [-0.2, 0) is 16.0 Å². The number of likely N-dealkylation sites (tertiary alicyclic amines) is 1. The number of aromatic nitrogens is 1. The van der Waals surface area contributed by atoms with Crippen molar-refractivity contribution in [1.82, 2.24) is 14.8 Å². The van der Waals surface area contributed by atoms with E-state index in [1.807, 2.05) is 18.2 Å². The number of ether oxygens (including phenoxy) is 1. The van der Waals surface area contributed by atoms with E-state index < -0.39 is 17.7 Å². The van der Waals surface area contributed by atoms with Gasteiger partial charge in [0, 0.05) is 48.2 Å². The number of methoxy groups -OCH3 is 1. The van der Waals surface area contributed by atoms with E-state index in [0.717, 1.165) is 47.6 Å². The van der Waals surface area contributed by atoms with Gasteiger partial charge in [-0.05, 0) is 48.6 Å². The van der Waals surface area contributed by atoms with Gasteiger partial charge < -0.3 is 14.8 Å². The molecule has 4 heterocycles. The van der Waals surface area contributed by atoms with Crippen molar-refractivity contribution in [2.75, 3.05) is 20.2 Å². The van der Waals surface area contributed by atoms with Gasteiger partial charge in [-0.3, -0.25) is 14.6 Å². The molecule has 2 aromatic carbocycles. The van der Waals surface area contributed by atoms with Gasteiger partial charge in [-0.2, -0.15) is 0 Å². The van der Waals surface area contributed by atoms with E-state index in [9.17, 15) is 18.7 Å². The number of aliphatic hydroxyl groups is 1. The normalized spacial score (nSPS) is 29.2. The number of nitrogens with one attached hydrogen (secondary N) is 1. The van der Waals surface area contributed by atoms with Gasteiger partial charge in [0.25, 0.3) is 0 Å². The lowest BCUT2D eigenvalue weighted by molar-refractivity contribution is -0.152. The maximum absolute atomic E-state index is 14.4. The van der Waals surface area contributed by atoms with Gasteiger partial charge in [-0.1, -0.05) is 24.3 Å². The largest absolute Gasteiger partial charge is 0.468 e. The van der Waals surface area contributed by atoms with Crippen molar-refractivity contribution in [2.45, 2.75) is 56.0 Å². The molecular formula is C27H29F2N3O3. The van der Waals surface area contributed by atoms with Crippen LogP contribution in [0.5, 0.6) is 0 Å². The molecule has 3 aliphatic rings. The van der Waals surface area contributed by atoms with Gasteiger partial charge in [-0.25, -0.2) is 8.78 Å². The van der Waals surface area contributed by atoms with Crippen LogP contribution in [0.2, 0.25) is 0 Å². The number of hydrogen-bond donors (Lipinski definition) is 2. The molecule has 35 heavy (non-hydrogen) atoms. The van der Waals surface area contributed by atoms with Crippen molar-refractivity contribution in [3.63, 3.8) is 0 Å². The molecule has 2 saturated heterocycles. The van der Waals surface area contributed by atoms with E-state index in [-0.39, 0.29) is 30.2 Å². The topological polar surface area (TPSA) is 68.8 Å². The van der Waals surface area contributed by atoms with Crippen molar-refractivity contribution in [3.8, 4) is 0 Å². The van der Waals surface area contributed by atoms with Gasteiger partial charge in [-0.15, -0.1) is 0 Å². The minimum atomic E-state index is -0.893. The Morgan fingerprint density at radius 2 is 1.91 bits per heavy atom. The number of piperidine rings is 1. The Morgan fingerprint density at radius 3 is 2.66 bits per heavy atom. The lowest BCUT2D eigenvalue weighted by atomic mass is 9.79. The number of benzene rings is 2. The van der Waals surface area contributed by atoms with E-state index in [2.05, 4.69) is 20.9 Å². The first-order valence-electron chi connectivity index (χ1n) is 12.3. The summed E-state index contributed by atoms with van der Waals surface area (Å²) < 4.78 is 33.5. The quantitative estimate of drug-likeness (QED) is 0.556. The number of halogens is 2. The predicted molar refractivity (Wildman–Crippen MR) is 127 cm³/mol. The summed E-state index contributed by atoms with van der Waals surface area (Å²) in [6.07, 6.45) is 2.27. The number of rotatable bonds is 3. The Morgan fingerprint density at radius 1 is 1.11 bits per heavy atom. The number of hydrogen-bond acceptors (Lipinski definition) is 5. The fraction of sp³-hybridized carbons (Fsp3) is 0.444. The highest BCUT2D eigenvalue weighted by Gasteiger charge is 2.49. The fourth-order valence-electron chi connectivity index (χ4n) is 6.56. The van der Waals surface area contributed by atoms with E-state index in [1.165, 1.54) is 13.2 Å². The van der Waals surface area contributed by atoms with Crippen molar-refractivity contribution < 1.29 is 23.4 Å². The molecule has 184 valence electrons. The number of esters is 1. The van der Waals surface area contributed by atoms with Crippen molar-refractivity contribution >= 4 is 16.9 Å². The maximum Gasteiger partial charge on any atom is 0.323 e. The van der Waals surface area contributed by atoms with Gasteiger partial charge in [0.05, 0.1) is 19.3 Å². The summed E-state index contributed by atoms with van der Waals surface area (Å²) in [5, 5.41) is 11.3. The highest BCUT2D eigenvalue weighted by Crippen LogP contribution is 2.50. The van der Waals surface area contributed by atoms with Gasteiger partial charge in [0.15, 0.2) is 11.6 Å². The molecule has 0 bridgehead atoms. The molecule has 0 amide bonds. The Bertz CT molecular complexity index is 1280. The summed E-state index contributed by atoms with van der Waals surface area (Å²) in [5.41, 5.74) is 3.85.